The number of anilines is 1. The highest BCUT2D eigenvalue weighted by molar-refractivity contribution is 5.70. The number of aromatic nitrogens is 2. The van der Waals surface area contributed by atoms with Gasteiger partial charge in [-0.15, -0.1) is 0 Å². The Hall–Kier alpha value is -2.75. The fraction of sp³-hybridized carbons (Fsp3) is 0.118. The minimum atomic E-state index is 0.243. The number of aromatic hydroxyl groups is 1. The van der Waals surface area contributed by atoms with E-state index in [1.165, 1.54) is 0 Å². The van der Waals surface area contributed by atoms with Gasteiger partial charge in [-0.1, -0.05) is 24.3 Å². The van der Waals surface area contributed by atoms with Crippen molar-refractivity contribution >= 4 is 5.69 Å². The highest BCUT2D eigenvalue weighted by atomic mass is 16.3. The second-order valence-corrected chi connectivity index (χ2v) is 5.16. The Balaban J connectivity index is 1.91. The molecule has 3 rings (SSSR count). The lowest BCUT2D eigenvalue weighted by Crippen LogP contribution is -2.07. The Labute approximate surface area is 123 Å². The number of nitrogens with one attached hydrogen (secondary N) is 1. The molecule has 0 saturated heterocycles. The van der Waals surface area contributed by atoms with Crippen LogP contribution in [0.15, 0.2) is 54.6 Å². The van der Waals surface area contributed by atoms with Crippen molar-refractivity contribution < 1.29 is 5.11 Å². The van der Waals surface area contributed by atoms with Gasteiger partial charge in [0, 0.05) is 25.3 Å². The van der Waals surface area contributed by atoms with Gasteiger partial charge in [0.15, 0.2) is 0 Å². The first-order valence-corrected chi connectivity index (χ1v) is 6.76. The summed E-state index contributed by atoms with van der Waals surface area (Å²) in [5, 5.41) is 16.9. The molecule has 0 saturated carbocycles. The molecule has 4 heteroatoms. The van der Waals surface area contributed by atoms with Gasteiger partial charge >= 0.3 is 0 Å². The Morgan fingerprint density at radius 3 is 2.38 bits per heavy atom. The number of hydrogen-bond acceptors (Lipinski definition) is 3. The molecule has 0 fully saturated rings. The Morgan fingerprint density at radius 1 is 0.952 bits per heavy atom. The lowest BCUT2D eigenvalue weighted by Gasteiger charge is -2.12. The molecule has 0 amide bonds. The van der Waals surface area contributed by atoms with E-state index in [1.54, 1.807) is 12.1 Å². The van der Waals surface area contributed by atoms with E-state index >= 15 is 0 Å². The number of H-pyrrole nitrogens is 1. The summed E-state index contributed by atoms with van der Waals surface area (Å²) in [5.74, 6) is 0.243. The van der Waals surface area contributed by atoms with Crippen LogP contribution >= 0.6 is 0 Å². The minimum absolute atomic E-state index is 0.243. The lowest BCUT2D eigenvalue weighted by atomic mass is 10.1. The molecular weight excluding hydrogens is 262 g/mol. The molecule has 0 unspecified atom stereocenters. The molecule has 1 aromatic heterocycles. The zero-order valence-corrected chi connectivity index (χ0v) is 12.0. The van der Waals surface area contributed by atoms with Crippen molar-refractivity contribution in [2.75, 3.05) is 19.0 Å². The normalized spacial score (nSPS) is 10.6. The maximum atomic E-state index is 9.54. The van der Waals surface area contributed by atoms with Crippen LogP contribution in [0.25, 0.3) is 22.5 Å². The van der Waals surface area contributed by atoms with Gasteiger partial charge in [-0.3, -0.25) is 5.10 Å². The average molecular weight is 279 g/mol. The maximum absolute atomic E-state index is 9.54. The molecule has 2 aromatic carbocycles. The van der Waals surface area contributed by atoms with E-state index in [1.807, 2.05) is 32.3 Å². The molecule has 106 valence electrons. The molecule has 21 heavy (non-hydrogen) atoms. The van der Waals surface area contributed by atoms with Crippen molar-refractivity contribution in [1.29, 1.82) is 0 Å². The number of hydrogen-bond donors (Lipinski definition) is 2. The lowest BCUT2D eigenvalue weighted by molar-refractivity contribution is 0.475. The molecule has 4 nitrogen and oxygen atoms in total. The molecule has 0 aliphatic heterocycles. The van der Waals surface area contributed by atoms with Gasteiger partial charge in [0.2, 0.25) is 0 Å². The van der Waals surface area contributed by atoms with Crippen molar-refractivity contribution in [3.05, 3.63) is 54.6 Å². The van der Waals surface area contributed by atoms with E-state index in [2.05, 4.69) is 39.4 Å². The topological polar surface area (TPSA) is 52.1 Å². The van der Waals surface area contributed by atoms with Crippen LogP contribution in [0.2, 0.25) is 0 Å². The van der Waals surface area contributed by atoms with Crippen LogP contribution in [-0.2, 0) is 0 Å². The van der Waals surface area contributed by atoms with Crippen LogP contribution in [0, 0.1) is 0 Å². The zero-order valence-electron chi connectivity index (χ0n) is 12.0. The van der Waals surface area contributed by atoms with Gasteiger partial charge in [-0.2, -0.15) is 5.10 Å². The molecule has 0 radical (unpaired) electrons. The first-order valence-electron chi connectivity index (χ1n) is 6.76. The van der Waals surface area contributed by atoms with Crippen LogP contribution in [-0.4, -0.2) is 29.4 Å². The minimum Gasteiger partial charge on any atom is -0.508 e. The number of phenolic OH excluding ortho intramolecular Hbond substituents is 1. The Morgan fingerprint density at radius 2 is 1.71 bits per heavy atom. The van der Waals surface area contributed by atoms with E-state index in [4.69, 9.17) is 0 Å². The van der Waals surface area contributed by atoms with Crippen LogP contribution in [0.5, 0.6) is 5.75 Å². The largest absolute Gasteiger partial charge is 0.508 e. The monoisotopic (exact) mass is 279 g/mol. The highest BCUT2D eigenvalue weighted by Gasteiger charge is 2.06. The Bertz CT molecular complexity index is 745. The number of aromatic amines is 1. The molecule has 0 spiro atoms. The summed E-state index contributed by atoms with van der Waals surface area (Å²) >= 11 is 0. The van der Waals surface area contributed by atoms with E-state index in [9.17, 15) is 5.11 Å². The molecule has 0 aliphatic carbocycles. The molecule has 0 bridgehead atoms. The van der Waals surface area contributed by atoms with Crippen LogP contribution in [0.3, 0.4) is 0 Å². The number of benzene rings is 2. The second kappa shape index (κ2) is 5.32. The van der Waals surface area contributed by atoms with Gasteiger partial charge in [0.05, 0.1) is 11.4 Å². The smallest absolute Gasteiger partial charge is 0.116 e. The average Bonchev–Trinajstić information content (AvgIpc) is 2.97. The standard InChI is InChI=1S/C17H17N3O/c1-20(2)14-8-6-12(7-9-14)16-11-17(19-18-16)13-4-3-5-15(21)10-13/h3-11,21H,1-2H3,(H,18,19). The van der Waals surface area contributed by atoms with Gasteiger partial charge in [-0.05, 0) is 35.9 Å². The fourth-order valence-electron chi connectivity index (χ4n) is 2.22. The fourth-order valence-corrected chi connectivity index (χ4v) is 2.22. The molecule has 1 heterocycles. The number of rotatable bonds is 3. The van der Waals surface area contributed by atoms with Crippen LogP contribution in [0.4, 0.5) is 5.69 Å². The second-order valence-electron chi connectivity index (χ2n) is 5.16. The van der Waals surface area contributed by atoms with Gasteiger partial charge in [-0.25, -0.2) is 0 Å². The molecule has 2 N–H and O–H groups in total. The number of phenols is 1. The first kappa shape index (κ1) is 13.2. The van der Waals surface area contributed by atoms with Crippen molar-refractivity contribution in [3.63, 3.8) is 0 Å². The summed E-state index contributed by atoms with van der Waals surface area (Å²) in [6, 6.07) is 17.4. The highest BCUT2D eigenvalue weighted by Crippen LogP contribution is 2.26. The molecule has 3 aromatic rings. The first-order chi connectivity index (χ1) is 10.1. The molecular formula is C17H17N3O. The van der Waals surface area contributed by atoms with Gasteiger partial charge in [0.1, 0.15) is 5.75 Å². The summed E-state index contributed by atoms with van der Waals surface area (Å²) in [4.78, 5) is 2.06. The van der Waals surface area contributed by atoms with E-state index in [0.717, 1.165) is 28.2 Å². The zero-order chi connectivity index (χ0) is 14.8. The van der Waals surface area contributed by atoms with Gasteiger partial charge in [0.25, 0.3) is 0 Å². The van der Waals surface area contributed by atoms with E-state index in [-0.39, 0.29) is 5.75 Å². The van der Waals surface area contributed by atoms with Crippen molar-refractivity contribution in [1.82, 2.24) is 10.2 Å². The third-order valence-electron chi connectivity index (χ3n) is 3.41. The van der Waals surface area contributed by atoms with E-state index in [0.29, 0.717) is 0 Å². The van der Waals surface area contributed by atoms with Crippen molar-refractivity contribution in [2.45, 2.75) is 0 Å². The SMILES string of the molecule is CN(C)c1ccc(-c2cc(-c3cccc(O)c3)n[nH]2)cc1. The predicted octanol–water partition coefficient (Wildman–Crippen LogP) is 3.52. The number of nitrogens with zero attached hydrogens (tertiary/aromatic N) is 2. The van der Waals surface area contributed by atoms with Gasteiger partial charge < -0.3 is 10.0 Å². The van der Waals surface area contributed by atoms with E-state index < -0.39 is 0 Å². The maximum Gasteiger partial charge on any atom is 0.116 e. The Kier molecular flexibility index (Phi) is 3.36. The molecule has 0 aliphatic rings. The predicted molar refractivity (Wildman–Crippen MR) is 85.5 cm³/mol. The summed E-state index contributed by atoms with van der Waals surface area (Å²) in [6.07, 6.45) is 0. The van der Waals surface area contributed by atoms with Crippen LogP contribution in [0.1, 0.15) is 0 Å². The quantitative estimate of drug-likeness (QED) is 0.771. The summed E-state index contributed by atoms with van der Waals surface area (Å²) in [5.41, 5.74) is 4.91. The summed E-state index contributed by atoms with van der Waals surface area (Å²) in [6.45, 7) is 0. The van der Waals surface area contributed by atoms with Crippen LogP contribution < -0.4 is 4.90 Å². The van der Waals surface area contributed by atoms with Crippen molar-refractivity contribution in [3.8, 4) is 28.3 Å². The summed E-state index contributed by atoms with van der Waals surface area (Å²) < 4.78 is 0. The summed E-state index contributed by atoms with van der Waals surface area (Å²) in [7, 11) is 4.04. The van der Waals surface area contributed by atoms with Crippen molar-refractivity contribution in [2.24, 2.45) is 0 Å². The third kappa shape index (κ3) is 2.74. The third-order valence-corrected chi connectivity index (χ3v) is 3.41. The molecule has 0 atom stereocenters.